The van der Waals surface area contributed by atoms with Crippen LogP contribution in [0.2, 0.25) is 5.02 Å². The van der Waals surface area contributed by atoms with Crippen molar-refractivity contribution in [1.29, 1.82) is 0 Å². The highest BCUT2D eigenvalue weighted by atomic mass is 35.5. The summed E-state index contributed by atoms with van der Waals surface area (Å²) in [5.74, 6) is 1.16. The van der Waals surface area contributed by atoms with Crippen LogP contribution in [0.5, 0.6) is 0 Å². The van der Waals surface area contributed by atoms with Gasteiger partial charge in [0.1, 0.15) is 16.9 Å². The summed E-state index contributed by atoms with van der Waals surface area (Å²) in [4.78, 5) is 29.6. The number of carbonyl (C=O) groups excluding carboxylic acids is 1. The van der Waals surface area contributed by atoms with Gasteiger partial charge in [-0.25, -0.2) is 4.79 Å². The summed E-state index contributed by atoms with van der Waals surface area (Å²) >= 11 is 7.79. The molecule has 3 heterocycles. The van der Waals surface area contributed by atoms with E-state index in [1.165, 1.54) is 4.88 Å². The van der Waals surface area contributed by atoms with E-state index < -0.39 is 12.1 Å². The first-order chi connectivity index (χ1) is 16.3. The zero-order valence-electron chi connectivity index (χ0n) is 19.1. The number of nitrogens with one attached hydrogen (secondary N) is 2. The third-order valence-corrected chi connectivity index (χ3v) is 7.13. The largest absolute Gasteiger partial charge is 0.465 e. The first kappa shape index (κ1) is 23.9. The average Bonchev–Trinajstić information content (AvgIpc) is 3.26. The van der Waals surface area contributed by atoms with Crippen LogP contribution < -0.4 is 10.6 Å². The molecule has 0 fully saturated rings. The molecule has 2 amide bonds. The smallest absolute Gasteiger partial charge is 0.404 e. The Morgan fingerprint density at radius 2 is 1.82 bits per heavy atom. The number of amides is 2. The van der Waals surface area contributed by atoms with Crippen molar-refractivity contribution in [2.45, 2.75) is 39.7 Å². The van der Waals surface area contributed by atoms with Crippen molar-refractivity contribution in [2.75, 3.05) is 13.1 Å². The van der Waals surface area contributed by atoms with Crippen LogP contribution in [0, 0.1) is 20.8 Å². The van der Waals surface area contributed by atoms with E-state index in [1.54, 1.807) is 11.3 Å². The van der Waals surface area contributed by atoms with Gasteiger partial charge in [-0.1, -0.05) is 23.7 Å². The highest BCUT2D eigenvalue weighted by Gasteiger charge is 2.32. The zero-order chi connectivity index (χ0) is 24.4. The molecule has 1 aliphatic rings. The summed E-state index contributed by atoms with van der Waals surface area (Å²) in [5, 5.41) is 24.1. The standard InChI is InChI=1S/C23H25ClN6O3S/c1-12-13(2)34-22-19(12)20(15-5-7-16(24)8-6-15)27-17(21-29-28-14(3)30(21)22)11-18(31)25-9-4-10-26-23(32)33/h5-8,17,26H,4,9-11H2,1-3H3,(H,25,31)(H,32,33)/t17-/m0/s1. The van der Waals surface area contributed by atoms with Gasteiger partial charge in [0.25, 0.3) is 0 Å². The number of rotatable bonds is 7. The van der Waals surface area contributed by atoms with Gasteiger partial charge >= 0.3 is 6.09 Å². The van der Waals surface area contributed by atoms with Crippen molar-refractivity contribution < 1.29 is 14.7 Å². The van der Waals surface area contributed by atoms with Crippen molar-refractivity contribution in [3.63, 3.8) is 0 Å². The van der Waals surface area contributed by atoms with Crippen LogP contribution in [0.3, 0.4) is 0 Å². The summed E-state index contributed by atoms with van der Waals surface area (Å²) in [6.45, 7) is 6.68. The maximum atomic E-state index is 12.8. The van der Waals surface area contributed by atoms with Gasteiger partial charge in [-0.05, 0) is 44.9 Å². The number of carbonyl (C=O) groups is 2. The number of thiophene rings is 1. The number of nitrogens with zero attached hydrogens (tertiary/aromatic N) is 4. The monoisotopic (exact) mass is 500 g/mol. The highest BCUT2D eigenvalue weighted by molar-refractivity contribution is 7.15. The fraction of sp³-hybridized carbons (Fsp3) is 0.348. The number of aliphatic imine (C=N–C) groups is 1. The molecule has 34 heavy (non-hydrogen) atoms. The van der Waals surface area contributed by atoms with E-state index in [2.05, 4.69) is 34.7 Å². The van der Waals surface area contributed by atoms with E-state index in [0.717, 1.165) is 33.2 Å². The predicted molar refractivity (Wildman–Crippen MR) is 132 cm³/mol. The van der Waals surface area contributed by atoms with E-state index >= 15 is 0 Å². The van der Waals surface area contributed by atoms with Crippen molar-refractivity contribution in [2.24, 2.45) is 4.99 Å². The molecule has 0 radical (unpaired) electrons. The highest BCUT2D eigenvalue weighted by Crippen LogP contribution is 2.39. The lowest BCUT2D eigenvalue weighted by molar-refractivity contribution is -0.121. The van der Waals surface area contributed by atoms with Gasteiger partial charge < -0.3 is 15.7 Å². The number of hydrogen-bond donors (Lipinski definition) is 3. The summed E-state index contributed by atoms with van der Waals surface area (Å²) in [6, 6.07) is 6.99. The molecule has 0 aliphatic carbocycles. The number of fused-ring (bicyclic) bond motifs is 3. The van der Waals surface area contributed by atoms with Crippen LogP contribution in [0.25, 0.3) is 5.00 Å². The van der Waals surface area contributed by atoms with Crippen molar-refractivity contribution in [1.82, 2.24) is 25.4 Å². The van der Waals surface area contributed by atoms with Gasteiger partial charge in [0.2, 0.25) is 5.91 Å². The Hall–Kier alpha value is -3.24. The Morgan fingerprint density at radius 1 is 1.12 bits per heavy atom. The first-order valence-electron chi connectivity index (χ1n) is 10.9. The quantitative estimate of drug-likeness (QED) is 0.424. The first-order valence-corrected chi connectivity index (χ1v) is 12.1. The summed E-state index contributed by atoms with van der Waals surface area (Å²) in [5.41, 5.74) is 3.84. The van der Waals surface area contributed by atoms with Crippen molar-refractivity contribution in [3.05, 3.63) is 62.5 Å². The zero-order valence-corrected chi connectivity index (χ0v) is 20.6. The molecular weight excluding hydrogens is 476 g/mol. The van der Waals surface area contributed by atoms with E-state index in [0.29, 0.717) is 23.8 Å². The minimum absolute atomic E-state index is 0.0918. The third kappa shape index (κ3) is 4.83. The lowest BCUT2D eigenvalue weighted by Gasteiger charge is -2.13. The second-order valence-electron chi connectivity index (χ2n) is 8.04. The molecule has 3 aromatic rings. The maximum absolute atomic E-state index is 12.8. The number of hydrogen-bond acceptors (Lipinski definition) is 6. The van der Waals surface area contributed by atoms with Crippen LogP contribution in [0.4, 0.5) is 4.79 Å². The maximum Gasteiger partial charge on any atom is 0.404 e. The fourth-order valence-corrected chi connectivity index (χ4v) is 5.23. The normalized spacial score (nSPS) is 14.6. The summed E-state index contributed by atoms with van der Waals surface area (Å²) < 4.78 is 2.00. The Morgan fingerprint density at radius 3 is 2.53 bits per heavy atom. The van der Waals surface area contributed by atoms with Crippen LogP contribution in [-0.2, 0) is 4.79 Å². The summed E-state index contributed by atoms with van der Waals surface area (Å²) in [6.07, 6.45) is -0.497. The molecule has 1 aliphatic heterocycles. The van der Waals surface area contributed by atoms with Gasteiger partial charge in [-0.2, -0.15) is 0 Å². The van der Waals surface area contributed by atoms with Gasteiger partial charge in [-0.15, -0.1) is 21.5 Å². The van der Waals surface area contributed by atoms with Gasteiger partial charge in [0, 0.05) is 34.1 Å². The van der Waals surface area contributed by atoms with Gasteiger partial charge in [0.05, 0.1) is 12.1 Å². The minimum Gasteiger partial charge on any atom is -0.465 e. The van der Waals surface area contributed by atoms with E-state index in [1.807, 2.05) is 35.8 Å². The molecule has 0 saturated carbocycles. The van der Waals surface area contributed by atoms with Crippen LogP contribution in [0.15, 0.2) is 29.3 Å². The molecule has 2 aromatic heterocycles. The van der Waals surface area contributed by atoms with E-state index in [-0.39, 0.29) is 18.9 Å². The molecule has 1 atom stereocenters. The number of aromatic nitrogens is 3. The van der Waals surface area contributed by atoms with E-state index in [9.17, 15) is 9.59 Å². The third-order valence-electron chi connectivity index (χ3n) is 5.69. The number of carboxylic acid groups (broad SMARTS) is 1. The van der Waals surface area contributed by atoms with Crippen molar-refractivity contribution in [3.8, 4) is 5.00 Å². The average molecular weight is 501 g/mol. The molecule has 0 bridgehead atoms. The number of benzene rings is 1. The second kappa shape index (κ2) is 9.94. The fourth-order valence-electron chi connectivity index (χ4n) is 3.89. The molecule has 9 nitrogen and oxygen atoms in total. The van der Waals surface area contributed by atoms with E-state index in [4.69, 9.17) is 21.7 Å². The van der Waals surface area contributed by atoms with Crippen LogP contribution in [0.1, 0.15) is 52.1 Å². The van der Waals surface area contributed by atoms with Crippen molar-refractivity contribution >= 4 is 40.6 Å². The molecule has 178 valence electrons. The topological polar surface area (TPSA) is 122 Å². The van der Waals surface area contributed by atoms with Gasteiger partial charge in [-0.3, -0.25) is 14.4 Å². The molecule has 1 aromatic carbocycles. The predicted octanol–water partition coefficient (Wildman–Crippen LogP) is 3.96. The molecule has 0 saturated heterocycles. The van der Waals surface area contributed by atoms with Crippen LogP contribution >= 0.6 is 22.9 Å². The molecule has 11 heteroatoms. The van der Waals surface area contributed by atoms with Gasteiger partial charge in [0.15, 0.2) is 5.82 Å². The number of halogens is 1. The Kier molecular flexibility index (Phi) is 6.99. The molecule has 0 spiro atoms. The molecule has 3 N–H and O–H groups in total. The Bertz CT molecular complexity index is 1260. The Balaban J connectivity index is 1.69. The SMILES string of the molecule is Cc1sc2c(c1C)C(c1ccc(Cl)cc1)=N[C@@H](CC(=O)NCCCNC(=O)O)c1nnc(C)n1-2. The minimum atomic E-state index is -1.08. The Labute approximate surface area is 205 Å². The second-order valence-corrected chi connectivity index (χ2v) is 9.68. The molecule has 0 unspecified atom stereocenters. The number of aryl methyl sites for hydroxylation is 2. The summed E-state index contributed by atoms with van der Waals surface area (Å²) in [7, 11) is 0. The molecule has 4 rings (SSSR count). The lowest BCUT2D eigenvalue weighted by atomic mass is 9.99. The molecular formula is C23H25ClN6O3S. The van der Waals surface area contributed by atoms with Crippen LogP contribution in [-0.4, -0.2) is 50.7 Å². The lowest BCUT2D eigenvalue weighted by Crippen LogP contribution is -2.30.